The highest BCUT2D eigenvalue weighted by Crippen LogP contribution is 2.55. The molecule has 160 valence electrons. The van der Waals surface area contributed by atoms with Crippen molar-refractivity contribution in [2.45, 2.75) is 30.3 Å². The van der Waals surface area contributed by atoms with E-state index in [2.05, 4.69) is 12.1 Å². The fourth-order valence-electron chi connectivity index (χ4n) is 5.51. The molecule has 2 aromatic rings. The first-order valence-corrected chi connectivity index (χ1v) is 10.8. The number of rotatable bonds is 4. The van der Waals surface area contributed by atoms with Crippen molar-refractivity contribution >= 4 is 11.8 Å². The molecule has 0 aromatic heterocycles. The summed E-state index contributed by atoms with van der Waals surface area (Å²) in [5, 5.41) is 10.1. The molecule has 1 N–H and O–H groups in total. The maximum absolute atomic E-state index is 13.1. The van der Waals surface area contributed by atoms with E-state index in [1.807, 2.05) is 23.1 Å². The number of carbonyl (C=O) groups is 2. The average Bonchev–Trinajstić information content (AvgIpc) is 3.50. The van der Waals surface area contributed by atoms with Gasteiger partial charge in [-0.05, 0) is 36.6 Å². The zero-order valence-corrected chi connectivity index (χ0v) is 17.1. The standard InChI is InChI=1S/C24H24N2O5/c27-11-18-21(15-4-2-1-3-5-15)24(26(18)23(29)16-6-7-16)12-25(13-24)22(28)17-8-9-19-20(10-17)31-14-30-19/h1-5,8-10,16,18,21,27H,6-7,11-14H2/t18-,21+/m1/s1. The largest absolute Gasteiger partial charge is 0.454 e. The molecule has 7 nitrogen and oxygen atoms in total. The first kappa shape index (κ1) is 18.7. The number of amides is 2. The van der Waals surface area contributed by atoms with E-state index in [-0.39, 0.29) is 43.1 Å². The predicted octanol–water partition coefficient (Wildman–Crippen LogP) is 2.01. The van der Waals surface area contributed by atoms with Crippen LogP contribution in [0.25, 0.3) is 0 Å². The minimum absolute atomic E-state index is 0.0159. The van der Waals surface area contributed by atoms with E-state index in [0.717, 1.165) is 18.4 Å². The van der Waals surface area contributed by atoms with Crippen molar-refractivity contribution in [3.63, 3.8) is 0 Å². The minimum Gasteiger partial charge on any atom is -0.454 e. The van der Waals surface area contributed by atoms with Gasteiger partial charge in [-0.1, -0.05) is 30.3 Å². The number of hydrogen-bond acceptors (Lipinski definition) is 5. The fourth-order valence-corrected chi connectivity index (χ4v) is 5.51. The van der Waals surface area contributed by atoms with Crippen LogP contribution in [0, 0.1) is 5.92 Å². The van der Waals surface area contributed by atoms with E-state index in [1.165, 1.54) is 0 Å². The Labute approximate surface area is 180 Å². The Kier molecular flexibility index (Phi) is 4.05. The van der Waals surface area contributed by atoms with Gasteiger partial charge in [-0.2, -0.15) is 0 Å². The van der Waals surface area contributed by atoms with Crippen LogP contribution in [-0.2, 0) is 4.79 Å². The molecule has 1 spiro atoms. The third kappa shape index (κ3) is 2.69. The predicted molar refractivity (Wildman–Crippen MR) is 111 cm³/mol. The summed E-state index contributed by atoms with van der Waals surface area (Å²) in [6, 6.07) is 15.0. The Morgan fingerprint density at radius 1 is 1.03 bits per heavy atom. The molecule has 2 aromatic carbocycles. The quantitative estimate of drug-likeness (QED) is 0.819. The number of nitrogens with zero attached hydrogens (tertiary/aromatic N) is 2. The lowest BCUT2D eigenvalue weighted by Crippen LogP contribution is -2.86. The SMILES string of the molecule is O=C(c1ccc2c(c1)OCO2)N1CC2(C1)[C@@H](c1ccccc1)[C@@H](CO)N2C(=O)C1CC1. The van der Waals surface area contributed by atoms with Gasteiger partial charge in [0.1, 0.15) is 0 Å². The van der Waals surface area contributed by atoms with Crippen LogP contribution in [0.1, 0.15) is 34.7 Å². The zero-order valence-electron chi connectivity index (χ0n) is 17.1. The molecule has 1 saturated carbocycles. The third-order valence-corrected chi connectivity index (χ3v) is 7.12. The van der Waals surface area contributed by atoms with Crippen molar-refractivity contribution in [1.82, 2.24) is 9.80 Å². The zero-order chi connectivity index (χ0) is 21.2. The normalized spacial score (nSPS) is 25.2. The van der Waals surface area contributed by atoms with Crippen molar-refractivity contribution in [2.24, 2.45) is 5.92 Å². The Morgan fingerprint density at radius 2 is 1.77 bits per heavy atom. The number of hydrogen-bond donors (Lipinski definition) is 1. The molecule has 6 rings (SSSR count). The number of aliphatic hydroxyl groups excluding tert-OH is 1. The molecule has 0 radical (unpaired) electrons. The molecule has 0 unspecified atom stereocenters. The van der Waals surface area contributed by atoms with Gasteiger partial charge in [0.05, 0.1) is 18.2 Å². The lowest BCUT2D eigenvalue weighted by Gasteiger charge is -2.70. The van der Waals surface area contributed by atoms with E-state index < -0.39 is 5.54 Å². The molecule has 2 atom stereocenters. The Bertz CT molecular complexity index is 1050. The van der Waals surface area contributed by atoms with Gasteiger partial charge in [0.15, 0.2) is 11.5 Å². The van der Waals surface area contributed by atoms with E-state index in [1.54, 1.807) is 23.1 Å². The van der Waals surface area contributed by atoms with Crippen molar-refractivity contribution in [1.29, 1.82) is 0 Å². The van der Waals surface area contributed by atoms with Crippen LogP contribution in [0.3, 0.4) is 0 Å². The number of carbonyl (C=O) groups excluding carboxylic acids is 2. The summed E-state index contributed by atoms with van der Waals surface area (Å²) in [6.07, 6.45) is 1.83. The lowest BCUT2D eigenvalue weighted by molar-refractivity contribution is -0.194. The summed E-state index contributed by atoms with van der Waals surface area (Å²) >= 11 is 0. The highest BCUT2D eigenvalue weighted by atomic mass is 16.7. The maximum Gasteiger partial charge on any atom is 0.254 e. The van der Waals surface area contributed by atoms with Gasteiger partial charge in [-0.25, -0.2) is 0 Å². The summed E-state index contributed by atoms with van der Waals surface area (Å²) in [4.78, 5) is 29.9. The van der Waals surface area contributed by atoms with Crippen LogP contribution in [0.4, 0.5) is 0 Å². The molecule has 3 fully saturated rings. The molecule has 3 heterocycles. The van der Waals surface area contributed by atoms with Crippen molar-refractivity contribution < 1.29 is 24.2 Å². The summed E-state index contributed by atoms with van der Waals surface area (Å²) in [5.41, 5.74) is 1.21. The topological polar surface area (TPSA) is 79.3 Å². The summed E-state index contributed by atoms with van der Waals surface area (Å²) in [7, 11) is 0. The van der Waals surface area contributed by atoms with Gasteiger partial charge in [0, 0.05) is 30.5 Å². The van der Waals surface area contributed by atoms with Crippen LogP contribution in [0.2, 0.25) is 0 Å². The number of ether oxygens (including phenoxy) is 2. The summed E-state index contributed by atoms with van der Waals surface area (Å²) in [5.74, 6) is 1.36. The van der Waals surface area contributed by atoms with Crippen LogP contribution in [-0.4, -0.2) is 64.8 Å². The van der Waals surface area contributed by atoms with Gasteiger partial charge in [-0.15, -0.1) is 0 Å². The van der Waals surface area contributed by atoms with Crippen molar-refractivity contribution in [3.8, 4) is 11.5 Å². The fraction of sp³-hybridized carbons (Fsp3) is 0.417. The van der Waals surface area contributed by atoms with Crippen LogP contribution >= 0.6 is 0 Å². The summed E-state index contributed by atoms with van der Waals surface area (Å²) < 4.78 is 10.7. The number of fused-ring (bicyclic) bond motifs is 1. The van der Waals surface area contributed by atoms with Gasteiger partial charge in [0.25, 0.3) is 5.91 Å². The molecule has 1 aliphatic carbocycles. The summed E-state index contributed by atoms with van der Waals surface area (Å²) in [6.45, 7) is 1.03. The first-order valence-electron chi connectivity index (χ1n) is 10.8. The number of aliphatic hydroxyl groups is 1. The molecule has 2 saturated heterocycles. The van der Waals surface area contributed by atoms with E-state index in [4.69, 9.17) is 9.47 Å². The second-order valence-corrected chi connectivity index (χ2v) is 8.95. The van der Waals surface area contributed by atoms with E-state index in [9.17, 15) is 14.7 Å². The lowest BCUT2D eigenvalue weighted by atomic mass is 9.60. The van der Waals surface area contributed by atoms with Gasteiger partial charge in [0.2, 0.25) is 12.7 Å². The highest BCUT2D eigenvalue weighted by Gasteiger charge is 2.68. The molecule has 7 heteroatoms. The van der Waals surface area contributed by atoms with Crippen LogP contribution < -0.4 is 9.47 Å². The van der Waals surface area contributed by atoms with Crippen LogP contribution in [0.15, 0.2) is 48.5 Å². The monoisotopic (exact) mass is 420 g/mol. The van der Waals surface area contributed by atoms with Crippen LogP contribution in [0.5, 0.6) is 11.5 Å². The Morgan fingerprint density at radius 3 is 2.48 bits per heavy atom. The molecule has 4 aliphatic rings. The second kappa shape index (κ2) is 6.72. The number of likely N-dealkylation sites (tertiary alicyclic amines) is 2. The minimum atomic E-state index is -0.444. The maximum atomic E-state index is 13.1. The molecule has 2 amide bonds. The van der Waals surface area contributed by atoms with Gasteiger partial charge >= 0.3 is 0 Å². The molecule has 0 bridgehead atoms. The second-order valence-electron chi connectivity index (χ2n) is 8.95. The first-order chi connectivity index (χ1) is 15.1. The average molecular weight is 420 g/mol. The van der Waals surface area contributed by atoms with Gasteiger partial charge < -0.3 is 24.4 Å². The Hall–Kier alpha value is -3.06. The Balaban J connectivity index is 1.28. The van der Waals surface area contributed by atoms with Gasteiger partial charge in [-0.3, -0.25) is 9.59 Å². The van der Waals surface area contributed by atoms with E-state index >= 15 is 0 Å². The third-order valence-electron chi connectivity index (χ3n) is 7.12. The molecule has 3 aliphatic heterocycles. The molecule has 31 heavy (non-hydrogen) atoms. The smallest absolute Gasteiger partial charge is 0.254 e. The highest BCUT2D eigenvalue weighted by molar-refractivity contribution is 5.96. The molecular formula is C24H24N2O5. The van der Waals surface area contributed by atoms with E-state index in [0.29, 0.717) is 30.2 Å². The number of benzene rings is 2. The van der Waals surface area contributed by atoms with Crippen molar-refractivity contribution in [2.75, 3.05) is 26.5 Å². The molecular weight excluding hydrogens is 396 g/mol. The van der Waals surface area contributed by atoms with Crippen molar-refractivity contribution in [3.05, 3.63) is 59.7 Å².